The fourth-order valence-corrected chi connectivity index (χ4v) is 3.87. The van der Waals surface area contributed by atoms with E-state index in [0.29, 0.717) is 18.3 Å². The van der Waals surface area contributed by atoms with E-state index in [9.17, 15) is 9.59 Å². The predicted molar refractivity (Wildman–Crippen MR) is 128 cm³/mol. The fourth-order valence-electron chi connectivity index (χ4n) is 2.94. The number of unbranched alkanes of at least 4 members (excludes halogenated alkanes) is 4. The van der Waals surface area contributed by atoms with Crippen LogP contribution < -0.4 is 20.7 Å². The number of hydrogen-bond acceptors (Lipinski definition) is 5. The van der Waals surface area contributed by atoms with Crippen molar-refractivity contribution in [2.45, 2.75) is 58.8 Å². The maximum absolute atomic E-state index is 11.6. The first-order chi connectivity index (χ1) is 15.1. The monoisotopic (exact) mass is 446 g/mol. The number of anilines is 1. The van der Waals surface area contributed by atoms with Crippen LogP contribution in [0, 0.1) is 0 Å². The number of aromatic nitrogens is 1. The molecule has 2 aromatic rings. The lowest BCUT2D eigenvalue weighted by atomic mass is 10.2. The standard InChI is InChI=1S/C23H34N4O3S/c1-3-4-9-15-24-22(29)25-16-10-7-5-6-8-11-17-30-19-13-12-14-20-21(19)27-23(31-20)26-18(2)28/h6,8,12-14H,3-5,7,9-11,15-17H2,1-2H3,(H2,24,25,29)(H,26,27,28)/b8-6-. The average Bonchev–Trinajstić information content (AvgIpc) is 3.15. The van der Waals surface area contributed by atoms with Gasteiger partial charge in [-0.05, 0) is 44.2 Å². The molecule has 0 saturated carbocycles. The van der Waals surface area contributed by atoms with Crippen LogP contribution in [0.15, 0.2) is 30.4 Å². The molecule has 3 amide bonds. The van der Waals surface area contributed by atoms with Gasteiger partial charge in [0.1, 0.15) is 11.3 Å². The van der Waals surface area contributed by atoms with Crippen LogP contribution in [0.25, 0.3) is 10.2 Å². The van der Waals surface area contributed by atoms with Crippen molar-refractivity contribution < 1.29 is 14.3 Å². The number of ether oxygens (including phenoxy) is 1. The highest BCUT2D eigenvalue weighted by atomic mass is 32.1. The lowest BCUT2D eigenvalue weighted by Gasteiger charge is -2.06. The Morgan fingerprint density at radius 2 is 1.81 bits per heavy atom. The number of nitrogens with zero attached hydrogens (tertiary/aromatic N) is 1. The number of allylic oxidation sites excluding steroid dienone is 1. The zero-order valence-electron chi connectivity index (χ0n) is 18.5. The smallest absolute Gasteiger partial charge is 0.314 e. The minimum atomic E-state index is -0.131. The highest BCUT2D eigenvalue weighted by Crippen LogP contribution is 2.32. The van der Waals surface area contributed by atoms with Gasteiger partial charge in [-0.3, -0.25) is 4.79 Å². The van der Waals surface area contributed by atoms with Crippen molar-refractivity contribution in [1.82, 2.24) is 15.6 Å². The zero-order chi connectivity index (χ0) is 22.3. The van der Waals surface area contributed by atoms with E-state index in [1.165, 1.54) is 18.3 Å². The summed E-state index contributed by atoms with van der Waals surface area (Å²) >= 11 is 1.44. The minimum Gasteiger partial charge on any atom is -0.491 e. The lowest BCUT2D eigenvalue weighted by molar-refractivity contribution is -0.114. The molecule has 0 spiro atoms. The quantitative estimate of drug-likeness (QED) is 0.273. The molecule has 0 bridgehead atoms. The third-order valence-electron chi connectivity index (χ3n) is 4.52. The number of hydrogen-bond donors (Lipinski definition) is 3. The Morgan fingerprint density at radius 1 is 1.06 bits per heavy atom. The number of carbonyl (C=O) groups is 2. The molecule has 31 heavy (non-hydrogen) atoms. The van der Waals surface area contributed by atoms with E-state index in [0.717, 1.165) is 67.5 Å². The summed E-state index contributed by atoms with van der Waals surface area (Å²) in [5.74, 6) is 0.603. The largest absolute Gasteiger partial charge is 0.491 e. The average molecular weight is 447 g/mol. The number of thiazole rings is 1. The third-order valence-corrected chi connectivity index (χ3v) is 5.46. The summed E-state index contributed by atoms with van der Waals surface area (Å²) < 4.78 is 6.87. The molecule has 1 heterocycles. The summed E-state index contributed by atoms with van der Waals surface area (Å²) in [7, 11) is 0. The van der Waals surface area contributed by atoms with Crippen molar-refractivity contribution in [2.24, 2.45) is 0 Å². The first kappa shape index (κ1) is 24.7. The summed E-state index contributed by atoms with van der Waals surface area (Å²) in [6.07, 6.45) is 11.4. The minimum absolute atomic E-state index is 0.0666. The van der Waals surface area contributed by atoms with Crippen molar-refractivity contribution in [3.05, 3.63) is 30.4 Å². The number of fused-ring (bicyclic) bond motifs is 1. The first-order valence-corrected chi connectivity index (χ1v) is 11.9. The lowest BCUT2D eigenvalue weighted by Crippen LogP contribution is -2.36. The van der Waals surface area contributed by atoms with E-state index in [-0.39, 0.29) is 11.9 Å². The van der Waals surface area contributed by atoms with E-state index in [2.05, 4.69) is 40.0 Å². The Balaban J connectivity index is 1.56. The topological polar surface area (TPSA) is 92.4 Å². The molecule has 0 aliphatic rings. The van der Waals surface area contributed by atoms with Gasteiger partial charge in [-0.15, -0.1) is 0 Å². The highest BCUT2D eigenvalue weighted by Gasteiger charge is 2.09. The van der Waals surface area contributed by atoms with Crippen molar-refractivity contribution in [1.29, 1.82) is 0 Å². The molecule has 3 N–H and O–H groups in total. The van der Waals surface area contributed by atoms with Gasteiger partial charge >= 0.3 is 6.03 Å². The molecule has 0 aliphatic heterocycles. The van der Waals surface area contributed by atoms with E-state index in [4.69, 9.17) is 4.74 Å². The molecule has 0 unspecified atom stereocenters. The molecule has 0 saturated heterocycles. The molecule has 1 aromatic heterocycles. The molecule has 7 nitrogen and oxygen atoms in total. The first-order valence-electron chi connectivity index (χ1n) is 11.1. The Labute approximate surface area is 188 Å². The molecule has 8 heteroatoms. The van der Waals surface area contributed by atoms with Crippen LogP contribution in [-0.4, -0.2) is 36.6 Å². The molecule has 0 fully saturated rings. The van der Waals surface area contributed by atoms with Crippen LogP contribution in [0.2, 0.25) is 0 Å². The van der Waals surface area contributed by atoms with Crippen LogP contribution in [0.1, 0.15) is 58.8 Å². The predicted octanol–water partition coefficient (Wildman–Crippen LogP) is 5.24. The number of carbonyl (C=O) groups excluding carboxylic acids is 2. The summed E-state index contributed by atoms with van der Waals surface area (Å²) in [6.45, 7) is 5.64. The normalized spacial score (nSPS) is 11.0. The van der Waals surface area contributed by atoms with Gasteiger partial charge in [0.2, 0.25) is 5.91 Å². The van der Waals surface area contributed by atoms with Crippen LogP contribution in [0.4, 0.5) is 9.93 Å². The van der Waals surface area contributed by atoms with Crippen molar-refractivity contribution in [3.8, 4) is 5.75 Å². The molecule has 170 valence electrons. The second-order valence-electron chi connectivity index (χ2n) is 7.30. The van der Waals surface area contributed by atoms with Gasteiger partial charge in [0.25, 0.3) is 0 Å². The van der Waals surface area contributed by atoms with Crippen molar-refractivity contribution in [2.75, 3.05) is 25.0 Å². The fraction of sp³-hybridized carbons (Fsp3) is 0.522. The molecule has 1 aromatic carbocycles. The van der Waals surface area contributed by atoms with Gasteiger partial charge < -0.3 is 20.7 Å². The number of benzene rings is 1. The number of amides is 3. The van der Waals surface area contributed by atoms with Gasteiger partial charge in [0.15, 0.2) is 5.13 Å². The van der Waals surface area contributed by atoms with E-state index in [1.54, 1.807) is 0 Å². The molecule has 0 aliphatic carbocycles. The van der Waals surface area contributed by atoms with Gasteiger partial charge in [-0.2, -0.15) is 0 Å². The number of rotatable bonds is 14. The van der Waals surface area contributed by atoms with Crippen LogP contribution >= 0.6 is 11.3 Å². The molecule has 0 atom stereocenters. The number of para-hydroxylation sites is 1. The molecule has 2 rings (SSSR count). The zero-order valence-corrected chi connectivity index (χ0v) is 19.4. The maximum atomic E-state index is 11.6. The third kappa shape index (κ3) is 9.83. The Kier molecular flexibility index (Phi) is 11.5. The Hall–Kier alpha value is -2.61. The van der Waals surface area contributed by atoms with Crippen molar-refractivity contribution in [3.63, 3.8) is 0 Å². The van der Waals surface area contributed by atoms with Crippen molar-refractivity contribution >= 4 is 38.6 Å². The van der Waals surface area contributed by atoms with E-state index < -0.39 is 0 Å². The Bertz CT molecular complexity index is 850. The van der Waals surface area contributed by atoms with Gasteiger partial charge in [-0.1, -0.05) is 49.3 Å². The van der Waals surface area contributed by atoms with Gasteiger partial charge in [-0.25, -0.2) is 9.78 Å². The van der Waals surface area contributed by atoms with Crippen LogP contribution in [-0.2, 0) is 4.79 Å². The second-order valence-corrected chi connectivity index (χ2v) is 8.33. The summed E-state index contributed by atoms with van der Waals surface area (Å²) in [4.78, 5) is 27.3. The van der Waals surface area contributed by atoms with Gasteiger partial charge in [0, 0.05) is 20.0 Å². The number of urea groups is 1. The van der Waals surface area contributed by atoms with E-state index in [1.807, 2.05) is 18.2 Å². The van der Waals surface area contributed by atoms with Gasteiger partial charge in [0.05, 0.1) is 11.3 Å². The summed E-state index contributed by atoms with van der Waals surface area (Å²) in [6, 6.07) is 5.73. The second kappa shape index (κ2) is 14.4. The van der Waals surface area contributed by atoms with E-state index >= 15 is 0 Å². The van der Waals surface area contributed by atoms with Crippen LogP contribution in [0.5, 0.6) is 5.75 Å². The molecular weight excluding hydrogens is 412 g/mol. The number of nitrogens with one attached hydrogen (secondary N) is 3. The Morgan fingerprint density at radius 3 is 2.55 bits per heavy atom. The summed E-state index contributed by atoms with van der Waals surface area (Å²) in [5.41, 5.74) is 0.780. The maximum Gasteiger partial charge on any atom is 0.314 e. The SMILES string of the molecule is CCCCCNC(=O)NCCCC/C=C\CCOc1cccc2sc(NC(C)=O)nc12. The van der Waals surface area contributed by atoms with Crippen LogP contribution in [0.3, 0.4) is 0 Å². The summed E-state index contributed by atoms with van der Waals surface area (Å²) in [5, 5.41) is 9.08. The molecular formula is C23H34N4O3S. The molecule has 0 radical (unpaired) electrons. The highest BCUT2D eigenvalue weighted by molar-refractivity contribution is 7.22.